The number of amides is 1. The van der Waals surface area contributed by atoms with Gasteiger partial charge in [0, 0.05) is 13.1 Å². The third-order valence-corrected chi connectivity index (χ3v) is 5.91. The Morgan fingerprint density at radius 2 is 1.97 bits per heavy atom. The fraction of sp³-hybridized carbons (Fsp3) is 0.500. The Hall–Kier alpha value is -2.39. The summed E-state index contributed by atoms with van der Waals surface area (Å²) < 4.78 is 6.13. The van der Waals surface area contributed by atoms with Gasteiger partial charge in [0.05, 0.1) is 41.5 Å². The van der Waals surface area contributed by atoms with E-state index in [1.165, 1.54) is 41.6 Å². The van der Waals surface area contributed by atoms with Crippen molar-refractivity contribution in [2.45, 2.75) is 49.7 Å². The van der Waals surface area contributed by atoms with Gasteiger partial charge in [0.1, 0.15) is 0 Å². The first-order valence-corrected chi connectivity index (χ1v) is 10.5. The predicted octanol–water partition coefficient (Wildman–Crippen LogP) is 1.67. The summed E-state index contributed by atoms with van der Waals surface area (Å²) >= 11 is 1.19. The Morgan fingerprint density at radius 3 is 2.59 bits per heavy atom. The van der Waals surface area contributed by atoms with Crippen LogP contribution in [0.25, 0.3) is 10.9 Å². The molecule has 0 saturated carbocycles. The van der Waals surface area contributed by atoms with Crippen LogP contribution in [0.4, 0.5) is 0 Å². The Balaban J connectivity index is 2.03. The first-order chi connectivity index (χ1) is 13.8. The maximum Gasteiger partial charge on any atom is 0.337 e. The second kappa shape index (κ2) is 8.96. The summed E-state index contributed by atoms with van der Waals surface area (Å²) in [5, 5.41) is 10.1. The van der Waals surface area contributed by atoms with Crippen molar-refractivity contribution in [3.05, 3.63) is 34.1 Å². The number of hydrogen-bond acceptors (Lipinski definition) is 7. The minimum Gasteiger partial charge on any atom is -0.465 e. The normalized spacial score (nSPS) is 16.1. The Kier molecular flexibility index (Phi) is 6.59. The van der Waals surface area contributed by atoms with Gasteiger partial charge in [-0.15, -0.1) is 0 Å². The molecule has 2 aromatic rings. The standard InChI is InChI=1S/C20H25N3O5S/c1-12(24)11-23-18(26)15-7-6-14(19(27)28-3)10-16(15)21-20(23)29-13(2)17(25)22-8-4-5-9-22/h6-7,10,12-13,24H,4-5,8-9,11H2,1-3H3/t12-,13+/m1/s1. The van der Waals surface area contributed by atoms with Crippen molar-refractivity contribution in [1.82, 2.24) is 14.5 Å². The second-order valence-corrected chi connectivity index (χ2v) is 8.48. The highest BCUT2D eigenvalue weighted by atomic mass is 32.2. The number of aliphatic hydroxyl groups excluding tert-OH is 1. The van der Waals surface area contributed by atoms with E-state index in [1.54, 1.807) is 13.8 Å². The number of rotatable bonds is 6. The van der Waals surface area contributed by atoms with Crippen LogP contribution in [-0.2, 0) is 16.1 Å². The largest absolute Gasteiger partial charge is 0.465 e. The summed E-state index contributed by atoms with van der Waals surface area (Å²) in [6.07, 6.45) is 1.24. The van der Waals surface area contributed by atoms with Gasteiger partial charge in [-0.1, -0.05) is 11.8 Å². The van der Waals surface area contributed by atoms with Crippen molar-refractivity contribution < 1.29 is 19.4 Å². The zero-order valence-electron chi connectivity index (χ0n) is 16.8. The number of nitrogens with zero attached hydrogens (tertiary/aromatic N) is 3. The number of aromatic nitrogens is 2. The molecule has 0 aliphatic carbocycles. The van der Waals surface area contributed by atoms with E-state index < -0.39 is 17.3 Å². The Morgan fingerprint density at radius 1 is 1.28 bits per heavy atom. The lowest BCUT2D eigenvalue weighted by atomic mass is 10.1. The first kappa shape index (κ1) is 21.3. The summed E-state index contributed by atoms with van der Waals surface area (Å²) in [6, 6.07) is 4.55. The van der Waals surface area contributed by atoms with Crippen LogP contribution in [0, 0.1) is 0 Å². The van der Waals surface area contributed by atoms with Crippen LogP contribution in [0.1, 0.15) is 37.0 Å². The fourth-order valence-electron chi connectivity index (χ4n) is 3.36. The first-order valence-electron chi connectivity index (χ1n) is 9.58. The van der Waals surface area contributed by atoms with E-state index in [4.69, 9.17) is 4.74 Å². The number of hydrogen-bond donors (Lipinski definition) is 1. The lowest BCUT2D eigenvalue weighted by molar-refractivity contribution is -0.129. The molecule has 1 aliphatic heterocycles. The molecule has 1 aromatic heterocycles. The van der Waals surface area contributed by atoms with E-state index in [1.807, 2.05) is 4.90 Å². The van der Waals surface area contributed by atoms with Crippen molar-refractivity contribution in [1.29, 1.82) is 0 Å². The number of aliphatic hydroxyl groups is 1. The number of carbonyl (C=O) groups excluding carboxylic acids is 2. The molecule has 8 nitrogen and oxygen atoms in total. The maximum absolute atomic E-state index is 13.0. The number of fused-ring (bicyclic) bond motifs is 1. The molecule has 1 saturated heterocycles. The highest BCUT2D eigenvalue weighted by molar-refractivity contribution is 8.00. The van der Waals surface area contributed by atoms with Crippen molar-refractivity contribution >= 4 is 34.5 Å². The van der Waals surface area contributed by atoms with Gasteiger partial charge in [-0.2, -0.15) is 0 Å². The van der Waals surface area contributed by atoms with Crippen LogP contribution in [-0.4, -0.2) is 63.0 Å². The van der Waals surface area contributed by atoms with Crippen LogP contribution in [0.2, 0.25) is 0 Å². The molecule has 0 spiro atoms. The molecule has 156 valence electrons. The number of carbonyl (C=O) groups is 2. The molecule has 9 heteroatoms. The summed E-state index contributed by atoms with van der Waals surface area (Å²) in [4.78, 5) is 43.9. The van der Waals surface area contributed by atoms with E-state index in [9.17, 15) is 19.5 Å². The molecule has 0 bridgehead atoms. The number of esters is 1. The number of likely N-dealkylation sites (tertiary alicyclic amines) is 1. The third-order valence-electron chi connectivity index (χ3n) is 4.84. The number of benzene rings is 1. The molecule has 1 aromatic carbocycles. The fourth-order valence-corrected chi connectivity index (χ4v) is 4.37. The zero-order valence-corrected chi connectivity index (χ0v) is 17.6. The summed E-state index contributed by atoms with van der Waals surface area (Å²) in [7, 11) is 1.29. The zero-order chi connectivity index (χ0) is 21.1. The van der Waals surface area contributed by atoms with Gasteiger partial charge < -0.3 is 14.7 Å². The molecule has 0 unspecified atom stereocenters. The van der Waals surface area contributed by atoms with Crippen molar-refractivity contribution in [3.63, 3.8) is 0 Å². The maximum atomic E-state index is 13.0. The highest BCUT2D eigenvalue weighted by Crippen LogP contribution is 2.25. The molecule has 2 heterocycles. The van der Waals surface area contributed by atoms with Gasteiger partial charge in [0.2, 0.25) is 5.91 Å². The van der Waals surface area contributed by atoms with Crippen molar-refractivity contribution in [2.75, 3.05) is 20.2 Å². The lowest BCUT2D eigenvalue weighted by Crippen LogP contribution is -2.35. The molecule has 3 rings (SSSR count). The molecule has 1 fully saturated rings. The number of thioether (sulfide) groups is 1. The van der Waals surface area contributed by atoms with Crippen LogP contribution in [0.3, 0.4) is 0 Å². The van der Waals surface area contributed by atoms with E-state index in [-0.39, 0.29) is 23.6 Å². The molecule has 29 heavy (non-hydrogen) atoms. The predicted molar refractivity (Wildman–Crippen MR) is 110 cm³/mol. The molecular formula is C20H25N3O5S. The van der Waals surface area contributed by atoms with E-state index in [0.29, 0.717) is 16.1 Å². The molecule has 1 aliphatic rings. The van der Waals surface area contributed by atoms with Gasteiger partial charge in [-0.3, -0.25) is 14.2 Å². The summed E-state index contributed by atoms with van der Waals surface area (Å²) in [6.45, 7) is 4.94. The molecule has 2 atom stereocenters. The smallest absolute Gasteiger partial charge is 0.337 e. The molecule has 1 N–H and O–H groups in total. The monoisotopic (exact) mass is 419 g/mol. The minimum atomic E-state index is -0.759. The Labute approximate surface area is 172 Å². The van der Waals surface area contributed by atoms with Gasteiger partial charge in [-0.25, -0.2) is 9.78 Å². The van der Waals surface area contributed by atoms with Crippen LogP contribution >= 0.6 is 11.8 Å². The average molecular weight is 420 g/mol. The summed E-state index contributed by atoms with van der Waals surface area (Å²) in [5.74, 6) is -0.512. The van der Waals surface area contributed by atoms with Gasteiger partial charge in [-0.05, 0) is 44.9 Å². The van der Waals surface area contributed by atoms with Crippen LogP contribution in [0.5, 0.6) is 0 Å². The SMILES string of the molecule is COC(=O)c1ccc2c(=O)n(C[C@@H](C)O)c(S[C@@H](C)C(=O)N3CCCC3)nc2c1. The van der Waals surface area contributed by atoms with Gasteiger partial charge in [0.25, 0.3) is 5.56 Å². The van der Waals surface area contributed by atoms with Crippen LogP contribution in [0.15, 0.2) is 28.2 Å². The van der Waals surface area contributed by atoms with E-state index in [2.05, 4.69) is 4.98 Å². The topological polar surface area (TPSA) is 102 Å². The van der Waals surface area contributed by atoms with E-state index >= 15 is 0 Å². The molecule has 1 amide bonds. The summed E-state index contributed by atoms with van der Waals surface area (Å²) in [5.41, 5.74) is 0.316. The highest BCUT2D eigenvalue weighted by Gasteiger charge is 2.26. The average Bonchev–Trinajstić information content (AvgIpc) is 3.23. The van der Waals surface area contributed by atoms with Crippen molar-refractivity contribution in [2.24, 2.45) is 0 Å². The molecular weight excluding hydrogens is 394 g/mol. The van der Waals surface area contributed by atoms with Crippen LogP contribution < -0.4 is 5.56 Å². The quantitative estimate of drug-likeness (QED) is 0.432. The second-order valence-electron chi connectivity index (χ2n) is 7.18. The third kappa shape index (κ3) is 4.62. The minimum absolute atomic E-state index is 0.00811. The Bertz CT molecular complexity index is 982. The van der Waals surface area contributed by atoms with Gasteiger partial charge >= 0.3 is 5.97 Å². The number of methoxy groups -OCH3 is 1. The lowest BCUT2D eigenvalue weighted by Gasteiger charge is -2.21. The van der Waals surface area contributed by atoms with Gasteiger partial charge in [0.15, 0.2) is 5.16 Å². The molecule has 0 radical (unpaired) electrons. The van der Waals surface area contributed by atoms with Crippen molar-refractivity contribution in [3.8, 4) is 0 Å². The number of ether oxygens (including phenoxy) is 1. The van der Waals surface area contributed by atoms with E-state index in [0.717, 1.165) is 25.9 Å².